The average Bonchev–Trinajstić information content (AvgIpc) is 3.46. The van der Waals surface area contributed by atoms with E-state index in [1.54, 1.807) is 66.1 Å². The summed E-state index contributed by atoms with van der Waals surface area (Å²) in [6.45, 7) is 0. The number of hydrogen-bond acceptors (Lipinski definition) is 2. The minimum atomic E-state index is -5.52. The van der Waals surface area contributed by atoms with Crippen LogP contribution in [0.4, 0.5) is 26.3 Å². The Morgan fingerprint density at radius 3 is 1.82 bits per heavy atom. The van der Waals surface area contributed by atoms with Crippen LogP contribution in [0.3, 0.4) is 0 Å². The van der Waals surface area contributed by atoms with Crippen molar-refractivity contribution in [1.29, 1.82) is 0 Å². The average molecular weight is 495 g/mol. The van der Waals surface area contributed by atoms with E-state index in [2.05, 4.69) is 0 Å². The van der Waals surface area contributed by atoms with Crippen molar-refractivity contribution in [2.75, 3.05) is 5.75 Å². The van der Waals surface area contributed by atoms with E-state index in [0.717, 1.165) is 0 Å². The fourth-order valence-corrected chi connectivity index (χ4v) is 9.23. The lowest BCUT2D eigenvalue weighted by Crippen LogP contribution is -2.48. The van der Waals surface area contributed by atoms with Crippen molar-refractivity contribution in [3.05, 3.63) is 106 Å². The van der Waals surface area contributed by atoms with Gasteiger partial charge < -0.3 is 0 Å². The van der Waals surface area contributed by atoms with Crippen molar-refractivity contribution in [3.8, 4) is 0 Å². The molecule has 2 aliphatic heterocycles. The molecule has 2 aromatic carbocycles. The maximum Gasteiger partial charge on any atom is 0.380 e. The van der Waals surface area contributed by atoms with Crippen molar-refractivity contribution in [2.24, 2.45) is 0 Å². The molecule has 0 bridgehead atoms. The van der Waals surface area contributed by atoms with Crippen LogP contribution in [0.25, 0.3) is 0 Å². The Labute approximate surface area is 194 Å². The molecule has 1 saturated carbocycles. The molecular formula is C25H16F6S2. The van der Waals surface area contributed by atoms with Gasteiger partial charge in [-0.05, 0) is 39.9 Å². The van der Waals surface area contributed by atoms with E-state index in [1.165, 1.54) is 29.6 Å². The highest BCUT2D eigenvalue weighted by Crippen LogP contribution is 2.78. The van der Waals surface area contributed by atoms with Gasteiger partial charge in [-0.25, -0.2) is 0 Å². The quantitative estimate of drug-likeness (QED) is 0.393. The maximum absolute atomic E-state index is 15.3. The lowest BCUT2D eigenvalue weighted by atomic mass is 9.64. The summed E-state index contributed by atoms with van der Waals surface area (Å²) in [6, 6.07) is 17.6. The summed E-state index contributed by atoms with van der Waals surface area (Å²) in [6.07, 6.45) is 1.36. The minimum absolute atomic E-state index is 0.0145. The molecule has 4 aliphatic rings. The third-order valence-electron chi connectivity index (χ3n) is 7.05. The number of thioether (sulfide) groups is 2. The van der Waals surface area contributed by atoms with E-state index >= 15 is 17.6 Å². The molecule has 0 aromatic heterocycles. The minimum Gasteiger partial charge on any atom is -0.194 e. The maximum atomic E-state index is 15.3. The van der Waals surface area contributed by atoms with Gasteiger partial charge in [0.2, 0.25) is 0 Å². The molecule has 0 amide bonds. The fourth-order valence-electron chi connectivity index (χ4n) is 5.80. The van der Waals surface area contributed by atoms with Crippen molar-refractivity contribution in [1.82, 2.24) is 0 Å². The fraction of sp³-hybridized carbons (Fsp3) is 0.280. The van der Waals surface area contributed by atoms with Crippen molar-refractivity contribution >= 4 is 23.5 Å². The van der Waals surface area contributed by atoms with Crippen LogP contribution in [0.15, 0.2) is 94.4 Å². The summed E-state index contributed by atoms with van der Waals surface area (Å²) in [7, 11) is 0. The van der Waals surface area contributed by atoms with Gasteiger partial charge >= 0.3 is 17.8 Å². The molecule has 2 heterocycles. The van der Waals surface area contributed by atoms with Crippen molar-refractivity contribution in [2.45, 2.75) is 33.7 Å². The topological polar surface area (TPSA) is 0 Å². The molecule has 2 aliphatic carbocycles. The summed E-state index contributed by atoms with van der Waals surface area (Å²) in [4.78, 5) is 0. The molecule has 0 spiro atoms. The highest BCUT2D eigenvalue weighted by atomic mass is 32.2. The second kappa shape index (κ2) is 6.54. The predicted octanol–water partition coefficient (Wildman–Crippen LogP) is 7.70. The van der Waals surface area contributed by atoms with Crippen LogP contribution >= 0.6 is 23.5 Å². The van der Waals surface area contributed by atoms with Gasteiger partial charge in [-0.15, -0.1) is 23.5 Å². The molecule has 2 atom stereocenters. The highest BCUT2D eigenvalue weighted by Gasteiger charge is 2.85. The standard InChI is InChI=1S/C25H16F6S2/c26-23(27)19-17-11-13-32-21(17,15-7-3-1-4-8-15)22(16-9-5-2-6-10-16)18(12-14-33-22)20(19)24(28,29)25(23,30)31/h1-11,13H,12,14H2. The van der Waals surface area contributed by atoms with Crippen LogP contribution < -0.4 is 0 Å². The van der Waals surface area contributed by atoms with E-state index in [0.29, 0.717) is 16.9 Å². The second-order valence-corrected chi connectivity index (χ2v) is 10.9. The third-order valence-corrected chi connectivity index (χ3v) is 10.2. The molecule has 2 fully saturated rings. The number of fused-ring (bicyclic) bond motifs is 4. The monoisotopic (exact) mass is 494 g/mol. The van der Waals surface area contributed by atoms with Gasteiger partial charge in [0, 0.05) is 11.1 Å². The van der Waals surface area contributed by atoms with E-state index in [9.17, 15) is 8.78 Å². The van der Waals surface area contributed by atoms with E-state index in [1.807, 2.05) is 0 Å². The van der Waals surface area contributed by atoms with Crippen LogP contribution in [-0.2, 0) is 9.49 Å². The number of rotatable bonds is 2. The van der Waals surface area contributed by atoms with Crippen LogP contribution in [0, 0.1) is 0 Å². The number of halogens is 6. The van der Waals surface area contributed by atoms with Gasteiger partial charge in [0.1, 0.15) is 0 Å². The summed E-state index contributed by atoms with van der Waals surface area (Å²) in [5, 5.41) is 1.57. The first kappa shape index (κ1) is 21.5. The lowest BCUT2D eigenvalue weighted by molar-refractivity contribution is -0.258. The summed E-state index contributed by atoms with van der Waals surface area (Å²) >= 11 is 2.60. The zero-order valence-electron chi connectivity index (χ0n) is 16.9. The van der Waals surface area contributed by atoms with Gasteiger partial charge in [-0.3, -0.25) is 0 Å². The summed E-state index contributed by atoms with van der Waals surface area (Å²) in [5.74, 6) is -15.1. The highest BCUT2D eigenvalue weighted by molar-refractivity contribution is 8.06. The van der Waals surface area contributed by atoms with E-state index < -0.39 is 38.4 Å². The normalized spacial score (nSPS) is 32.7. The molecule has 0 N–H and O–H groups in total. The number of benzene rings is 2. The second-order valence-electron chi connectivity index (χ2n) is 8.48. The van der Waals surface area contributed by atoms with Gasteiger partial charge in [0.05, 0.1) is 9.49 Å². The Bertz CT molecular complexity index is 1210. The Kier molecular flexibility index (Phi) is 4.25. The molecule has 0 nitrogen and oxygen atoms in total. The van der Waals surface area contributed by atoms with Crippen molar-refractivity contribution < 1.29 is 26.3 Å². The van der Waals surface area contributed by atoms with Crippen LogP contribution in [0.2, 0.25) is 0 Å². The van der Waals surface area contributed by atoms with Gasteiger partial charge in [0.25, 0.3) is 0 Å². The Hall–Kier alpha value is -2.06. The van der Waals surface area contributed by atoms with Gasteiger partial charge in [0.15, 0.2) is 0 Å². The first-order chi connectivity index (χ1) is 15.6. The van der Waals surface area contributed by atoms with Crippen molar-refractivity contribution in [3.63, 3.8) is 0 Å². The molecule has 6 rings (SSSR count). The largest absolute Gasteiger partial charge is 0.380 e. The predicted molar refractivity (Wildman–Crippen MR) is 119 cm³/mol. The Balaban J connectivity index is 1.83. The van der Waals surface area contributed by atoms with E-state index in [-0.39, 0.29) is 17.6 Å². The Morgan fingerprint density at radius 2 is 1.21 bits per heavy atom. The molecule has 170 valence electrons. The van der Waals surface area contributed by atoms with Gasteiger partial charge in [-0.2, -0.15) is 26.3 Å². The summed E-state index contributed by atoms with van der Waals surface area (Å²) in [5.41, 5.74) is -1.28. The molecule has 2 unspecified atom stereocenters. The zero-order chi connectivity index (χ0) is 23.3. The first-order valence-corrected chi connectivity index (χ1v) is 12.2. The molecule has 1 saturated heterocycles. The van der Waals surface area contributed by atoms with Crippen LogP contribution in [0.5, 0.6) is 0 Å². The zero-order valence-corrected chi connectivity index (χ0v) is 18.6. The third kappa shape index (κ3) is 2.21. The Morgan fingerprint density at radius 1 is 0.667 bits per heavy atom. The number of allylic oxidation sites excluding steroid dienone is 3. The van der Waals surface area contributed by atoms with Gasteiger partial charge in [-0.1, -0.05) is 66.7 Å². The van der Waals surface area contributed by atoms with Crippen LogP contribution in [0.1, 0.15) is 17.5 Å². The smallest absolute Gasteiger partial charge is 0.194 e. The molecule has 2 aromatic rings. The number of hydrogen-bond donors (Lipinski definition) is 0. The SMILES string of the molecule is FC1(F)C2=C3C=CSC3(c3ccccc3)C3(c4ccccc4)SCCC3=C2C(F)(F)C1(F)F. The van der Waals surface area contributed by atoms with E-state index in [4.69, 9.17) is 0 Å². The first-order valence-electron chi connectivity index (χ1n) is 10.4. The molecular weight excluding hydrogens is 478 g/mol. The molecule has 33 heavy (non-hydrogen) atoms. The molecule has 8 heteroatoms. The summed E-state index contributed by atoms with van der Waals surface area (Å²) < 4.78 is 88.2. The number of alkyl halides is 6. The molecule has 0 radical (unpaired) electrons. The lowest BCUT2D eigenvalue weighted by Gasteiger charge is -2.51. The van der Waals surface area contributed by atoms with Crippen LogP contribution in [-0.4, -0.2) is 23.5 Å².